The third kappa shape index (κ3) is 6.76. The lowest BCUT2D eigenvalue weighted by Gasteiger charge is -2.15. The highest BCUT2D eigenvalue weighted by Gasteiger charge is 2.16. The summed E-state index contributed by atoms with van der Waals surface area (Å²) in [6.45, 7) is 8.30. The van der Waals surface area contributed by atoms with Crippen molar-refractivity contribution in [3.05, 3.63) is 29.8 Å². The summed E-state index contributed by atoms with van der Waals surface area (Å²) in [5.41, 5.74) is 2.12. The van der Waals surface area contributed by atoms with E-state index in [4.69, 9.17) is 0 Å². The first-order chi connectivity index (χ1) is 10.2. The number of hydrogen-bond donors (Lipinski definition) is 2. The molecule has 0 fully saturated rings. The molecule has 0 saturated carbocycles. The maximum atomic E-state index is 12.3. The summed E-state index contributed by atoms with van der Waals surface area (Å²) in [5, 5.41) is 6.46. The molecule has 0 spiro atoms. The Morgan fingerprint density at radius 3 is 2.43 bits per heavy atom. The van der Waals surface area contributed by atoms with Gasteiger partial charge in [-0.2, -0.15) is 0 Å². The Bertz CT molecular complexity index is 411. The van der Waals surface area contributed by atoms with Gasteiger partial charge in [-0.05, 0) is 43.5 Å². The fourth-order valence-corrected chi connectivity index (χ4v) is 2.52. The second-order valence-electron chi connectivity index (χ2n) is 5.64. The fourth-order valence-electron chi connectivity index (χ4n) is 2.52. The molecule has 118 valence electrons. The molecule has 1 aromatic rings. The maximum Gasteiger partial charge on any atom is 0.227 e. The van der Waals surface area contributed by atoms with E-state index in [1.165, 1.54) is 5.56 Å². The molecule has 21 heavy (non-hydrogen) atoms. The van der Waals surface area contributed by atoms with Crippen LogP contribution in [0.4, 0.5) is 5.69 Å². The van der Waals surface area contributed by atoms with Crippen LogP contribution in [0.2, 0.25) is 0 Å². The van der Waals surface area contributed by atoms with E-state index in [0.29, 0.717) is 0 Å². The van der Waals surface area contributed by atoms with Crippen LogP contribution in [0, 0.1) is 5.92 Å². The minimum atomic E-state index is 0.141. The van der Waals surface area contributed by atoms with Gasteiger partial charge in [0.2, 0.25) is 5.91 Å². The third-order valence-corrected chi connectivity index (χ3v) is 3.60. The molecule has 0 atom stereocenters. The molecule has 2 N–H and O–H groups in total. The highest BCUT2D eigenvalue weighted by molar-refractivity contribution is 5.92. The Labute approximate surface area is 129 Å². The van der Waals surface area contributed by atoms with Gasteiger partial charge in [-0.15, -0.1) is 0 Å². The van der Waals surface area contributed by atoms with Gasteiger partial charge in [-0.3, -0.25) is 4.79 Å². The largest absolute Gasteiger partial charge is 0.326 e. The Morgan fingerprint density at radius 2 is 1.81 bits per heavy atom. The summed E-state index contributed by atoms with van der Waals surface area (Å²) < 4.78 is 0. The molecule has 0 aromatic heterocycles. The van der Waals surface area contributed by atoms with E-state index in [1.807, 2.05) is 12.1 Å². The van der Waals surface area contributed by atoms with E-state index < -0.39 is 0 Å². The monoisotopic (exact) mass is 290 g/mol. The van der Waals surface area contributed by atoms with Crippen LogP contribution in [-0.4, -0.2) is 12.5 Å². The number of rotatable bonds is 10. The average Bonchev–Trinajstić information content (AvgIpc) is 2.48. The lowest BCUT2D eigenvalue weighted by molar-refractivity contribution is -0.120. The number of carbonyl (C=O) groups is 1. The Morgan fingerprint density at radius 1 is 1.10 bits per heavy atom. The molecule has 3 heteroatoms. The van der Waals surface area contributed by atoms with Gasteiger partial charge in [-0.1, -0.05) is 45.7 Å². The molecule has 0 aliphatic rings. The molecular formula is C18H30N2O. The highest BCUT2D eigenvalue weighted by atomic mass is 16.1. The Hall–Kier alpha value is -1.35. The number of hydrogen-bond acceptors (Lipinski definition) is 2. The van der Waals surface area contributed by atoms with Gasteiger partial charge < -0.3 is 10.6 Å². The van der Waals surface area contributed by atoms with E-state index in [2.05, 4.69) is 43.5 Å². The molecule has 0 unspecified atom stereocenters. The topological polar surface area (TPSA) is 41.1 Å². The quantitative estimate of drug-likeness (QED) is 0.629. The second-order valence-corrected chi connectivity index (χ2v) is 5.64. The third-order valence-electron chi connectivity index (χ3n) is 3.60. The zero-order valence-electron chi connectivity index (χ0n) is 13.7. The highest BCUT2D eigenvalue weighted by Crippen LogP contribution is 2.17. The molecule has 1 rings (SSSR count). The first kappa shape index (κ1) is 17.7. The molecule has 0 saturated heterocycles. The van der Waals surface area contributed by atoms with Gasteiger partial charge in [0, 0.05) is 18.2 Å². The zero-order chi connectivity index (χ0) is 15.5. The second kappa shape index (κ2) is 10.4. The molecule has 3 nitrogen and oxygen atoms in total. The average molecular weight is 290 g/mol. The zero-order valence-corrected chi connectivity index (χ0v) is 13.7. The van der Waals surface area contributed by atoms with Crippen LogP contribution in [0.25, 0.3) is 0 Å². The molecular weight excluding hydrogens is 260 g/mol. The van der Waals surface area contributed by atoms with Gasteiger partial charge in [0.15, 0.2) is 0 Å². The Balaban J connectivity index is 2.59. The number of amides is 1. The van der Waals surface area contributed by atoms with Crippen LogP contribution < -0.4 is 10.6 Å². The number of benzene rings is 1. The predicted molar refractivity (Wildman–Crippen MR) is 90.4 cm³/mol. The van der Waals surface area contributed by atoms with Gasteiger partial charge in [0.1, 0.15) is 0 Å². The number of carbonyl (C=O) groups excluding carboxylic acids is 1. The summed E-state index contributed by atoms with van der Waals surface area (Å²) in [5.74, 6) is 0.305. The van der Waals surface area contributed by atoms with Crippen LogP contribution in [0.3, 0.4) is 0 Å². The van der Waals surface area contributed by atoms with Crippen molar-refractivity contribution in [1.29, 1.82) is 0 Å². The SMILES string of the molecule is CCCNCc1cccc(NC(=O)C(CCC)CCC)c1. The molecule has 0 bridgehead atoms. The van der Waals surface area contributed by atoms with Gasteiger partial charge >= 0.3 is 0 Å². The lowest BCUT2D eigenvalue weighted by atomic mass is 9.97. The number of nitrogens with one attached hydrogen (secondary N) is 2. The summed E-state index contributed by atoms with van der Waals surface area (Å²) in [4.78, 5) is 12.3. The normalized spacial score (nSPS) is 10.9. The molecule has 0 aliphatic carbocycles. The minimum absolute atomic E-state index is 0.141. The fraction of sp³-hybridized carbons (Fsp3) is 0.611. The van der Waals surface area contributed by atoms with Crippen LogP contribution in [0.5, 0.6) is 0 Å². The van der Waals surface area contributed by atoms with Crippen LogP contribution >= 0.6 is 0 Å². The molecule has 0 heterocycles. The van der Waals surface area contributed by atoms with Crippen molar-refractivity contribution in [2.24, 2.45) is 5.92 Å². The standard InChI is InChI=1S/C18H30N2O/c1-4-8-16(9-5-2)18(21)20-17-11-7-10-15(13-17)14-19-12-6-3/h7,10-11,13,16,19H,4-6,8-9,12,14H2,1-3H3,(H,20,21). The van der Waals surface area contributed by atoms with E-state index in [-0.39, 0.29) is 11.8 Å². The van der Waals surface area contributed by atoms with E-state index in [1.54, 1.807) is 0 Å². The van der Waals surface area contributed by atoms with Gasteiger partial charge in [0.25, 0.3) is 0 Å². The minimum Gasteiger partial charge on any atom is -0.326 e. The van der Waals surface area contributed by atoms with Crippen molar-refractivity contribution in [2.45, 2.75) is 59.4 Å². The molecule has 0 radical (unpaired) electrons. The first-order valence-corrected chi connectivity index (χ1v) is 8.31. The van der Waals surface area contributed by atoms with Crippen LogP contribution in [0.15, 0.2) is 24.3 Å². The Kier molecular flexibility index (Phi) is 8.76. The molecule has 0 aliphatic heterocycles. The number of anilines is 1. The molecule has 1 aromatic carbocycles. The smallest absolute Gasteiger partial charge is 0.227 e. The summed E-state index contributed by atoms with van der Waals surface area (Å²) in [6.07, 6.45) is 5.18. The van der Waals surface area contributed by atoms with Crippen molar-refractivity contribution in [3.8, 4) is 0 Å². The van der Waals surface area contributed by atoms with Crippen LogP contribution in [-0.2, 0) is 11.3 Å². The molecule has 1 amide bonds. The van der Waals surface area contributed by atoms with Crippen molar-refractivity contribution < 1.29 is 4.79 Å². The first-order valence-electron chi connectivity index (χ1n) is 8.31. The summed E-state index contributed by atoms with van der Waals surface area (Å²) in [7, 11) is 0. The predicted octanol–water partition coefficient (Wildman–Crippen LogP) is 4.34. The van der Waals surface area contributed by atoms with Crippen molar-refractivity contribution >= 4 is 11.6 Å². The van der Waals surface area contributed by atoms with Gasteiger partial charge in [-0.25, -0.2) is 0 Å². The summed E-state index contributed by atoms with van der Waals surface area (Å²) in [6, 6.07) is 8.13. The van der Waals surface area contributed by atoms with E-state index >= 15 is 0 Å². The van der Waals surface area contributed by atoms with Crippen molar-refractivity contribution in [3.63, 3.8) is 0 Å². The van der Waals surface area contributed by atoms with Crippen molar-refractivity contribution in [2.75, 3.05) is 11.9 Å². The van der Waals surface area contributed by atoms with E-state index in [9.17, 15) is 4.79 Å². The van der Waals surface area contributed by atoms with Crippen LogP contribution in [0.1, 0.15) is 58.4 Å². The van der Waals surface area contributed by atoms with Crippen molar-refractivity contribution in [1.82, 2.24) is 5.32 Å². The summed E-state index contributed by atoms with van der Waals surface area (Å²) >= 11 is 0. The lowest BCUT2D eigenvalue weighted by Crippen LogP contribution is -2.23. The van der Waals surface area contributed by atoms with Gasteiger partial charge in [0.05, 0.1) is 0 Å². The maximum absolute atomic E-state index is 12.3. The van der Waals surface area contributed by atoms with E-state index in [0.717, 1.165) is 50.9 Å².